The van der Waals surface area contributed by atoms with Gasteiger partial charge in [0.2, 0.25) is 0 Å². The second-order valence-corrected chi connectivity index (χ2v) is 3.42. The maximum Gasteiger partial charge on any atom is 0.0466 e. The first-order valence-electron chi connectivity index (χ1n) is 5.70. The molecule has 0 radical (unpaired) electrons. The molecule has 0 aromatic heterocycles. The van der Waals surface area contributed by atoms with Gasteiger partial charge in [0.25, 0.3) is 0 Å². The maximum atomic E-state index is 5.39. The van der Waals surface area contributed by atoms with E-state index in [1.807, 2.05) is 0 Å². The number of hydrogen-bond acceptors (Lipinski definition) is 2. The molecule has 0 saturated heterocycles. The Balaban J connectivity index is 2.76. The van der Waals surface area contributed by atoms with Crippen LogP contribution in [0.4, 0.5) is 0 Å². The Labute approximate surface area is 83.1 Å². The largest absolute Gasteiger partial charge is 0.381 e. The van der Waals surface area contributed by atoms with E-state index in [1.165, 1.54) is 32.2 Å². The number of unbranched alkanes of at least 4 members (excludes halogenated alkanes) is 2. The Hall–Kier alpha value is -0.0800. The number of nitrogens with one attached hydrogen (secondary N) is 1. The molecule has 0 aromatic rings. The molecule has 0 aliphatic carbocycles. The molecule has 0 spiro atoms. The van der Waals surface area contributed by atoms with Gasteiger partial charge < -0.3 is 10.1 Å². The topological polar surface area (TPSA) is 21.3 Å². The standard InChI is InChI=1S/C11H25NO/c1-3-8-12-9-6-5-7-11-13-10-4-2/h12H,3-11H2,1-2H3. The van der Waals surface area contributed by atoms with Gasteiger partial charge in [-0.25, -0.2) is 0 Å². The van der Waals surface area contributed by atoms with Crippen molar-refractivity contribution in [2.75, 3.05) is 26.3 Å². The zero-order valence-electron chi connectivity index (χ0n) is 9.27. The van der Waals surface area contributed by atoms with Crippen molar-refractivity contribution in [2.24, 2.45) is 0 Å². The van der Waals surface area contributed by atoms with Crippen molar-refractivity contribution >= 4 is 0 Å². The van der Waals surface area contributed by atoms with E-state index in [4.69, 9.17) is 4.74 Å². The van der Waals surface area contributed by atoms with Gasteiger partial charge in [-0.05, 0) is 45.2 Å². The van der Waals surface area contributed by atoms with Crippen LogP contribution in [0, 0.1) is 0 Å². The third-order valence-corrected chi connectivity index (χ3v) is 1.92. The maximum absolute atomic E-state index is 5.39. The van der Waals surface area contributed by atoms with Gasteiger partial charge in [-0.3, -0.25) is 0 Å². The predicted molar refractivity (Wildman–Crippen MR) is 58.1 cm³/mol. The fourth-order valence-electron chi connectivity index (χ4n) is 1.18. The first kappa shape index (κ1) is 12.9. The Morgan fingerprint density at radius 1 is 0.846 bits per heavy atom. The lowest BCUT2D eigenvalue weighted by atomic mass is 10.2. The van der Waals surface area contributed by atoms with Crippen LogP contribution in [0.3, 0.4) is 0 Å². The molecule has 0 unspecified atom stereocenters. The van der Waals surface area contributed by atoms with Gasteiger partial charge in [0.05, 0.1) is 0 Å². The zero-order valence-corrected chi connectivity index (χ0v) is 9.27. The summed E-state index contributed by atoms with van der Waals surface area (Å²) < 4.78 is 5.39. The summed E-state index contributed by atoms with van der Waals surface area (Å²) in [7, 11) is 0. The van der Waals surface area contributed by atoms with Crippen molar-refractivity contribution in [3.8, 4) is 0 Å². The second-order valence-electron chi connectivity index (χ2n) is 3.42. The lowest BCUT2D eigenvalue weighted by Gasteiger charge is -2.03. The average molecular weight is 187 g/mol. The number of hydrogen-bond donors (Lipinski definition) is 1. The van der Waals surface area contributed by atoms with Crippen LogP contribution in [0.5, 0.6) is 0 Å². The average Bonchev–Trinajstić information content (AvgIpc) is 2.16. The van der Waals surface area contributed by atoms with E-state index >= 15 is 0 Å². The van der Waals surface area contributed by atoms with Crippen molar-refractivity contribution in [3.05, 3.63) is 0 Å². The van der Waals surface area contributed by atoms with Gasteiger partial charge in [-0.1, -0.05) is 13.8 Å². The molecule has 0 amide bonds. The monoisotopic (exact) mass is 187 g/mol. The molecule has 0 fully saturated rings. The molecule has 0 atom stereocenters. The summed E-state index contributed by atoms with van der Waals surface area (Å²) in [5.41, 5.74) is 0. The fourth-order valence-corrected chi connectivity index (χ4v) is 1.18. The van der Waals surface area contributed by atoms with Crippen molar-refractivity contribution in [3.63, 3.8) is 0 Å². The highest BCUT2D eigenvalue weighted by atomic mass is 16.5. The molecule has 0 aliphatic rings. The molecule has 0 aromatic carbocycles. The molecule has 0 aliphatic heterocycles. The highest BCUT2D eigenvalue weighted by Gasteiger charge is 1.89. The predicted octanol–water partition coefficient (Wildman–Crippen LogP) is 2.58. The summed E-state index contributed by atoms with van der Waals surface area (Å²) in [5.74, 6) is 0. The van der Waals surface area contributed by atoms with E-state index in [1.54, 1.807) is 0 Å². The molecule has 0 rings (SSSR count). The van der Waals surface area contributed by atoms with E-state index in [9.17, 15) is 0 Å². The van der Waals surface area contributed by atoms with Gasteiger partial charge in [0, 0.05) is 13.2 Å². The van der Waals surface area contributed by atoms with Gasteiger partial charge in [-0.15, -0.1) is 0 Å². The van der Waals surface area contributed by atoms with Gasteiger partial charge in [0.1, 0.15) is 0 Å². The normalized spacial score (nSPS) is 10.6. The number of rotatable bonds is 10. The summed E-state index contributed by atoms with van der Waals surface area (Å²) in [6, 6.07) is 0. The van der Waals surface area contributed by atoms with Crippen LogP contribution in [0.1, 0.15) is 46.0 Å². The van der Waals surface area contributed by atoms with Crippen LogP contribution in [-0.4, -0.2) is 26.3 Å². The van der Waals surface area contributed by atoms with Crippen LogP contribution in [0.15, 0.2) is 0 Å². The quantitative estimate of drug-likeness (QED) is 0.531. The molecule has 13 heavy (non-hydrogen) atoms. The summed E-state index contributed by atoms with van der Waals surface area (Å²) in [4.78, 5) is 0. The molecule has 80 valence electrons. The molecule has 1 N–H and O–H groups in total. The molecule has 2 nitrogen and oxygen atoms in total. The Morgan fingerprint density at radius 2 is 1.69 bits per heavy atom. The minimum absolute atomic E-state index is 0.925. The van der Waals surface area contributed by atoms with E-state index < -0.39 is 0 Å². The minimum Gasteiger partial charge on any atom is -0.381 e. The van der Waals surface area contributed by atoms with E-state index in [2.05, 4.69) is 19.2 Å². The number of ether oxygens (including phenoxy) is 1. The van der Waals surface area contributed by atoms with Crippen LogP contribution >= 0.6 is 0 Å². The lowest BCUT2D eigenvalue weighted by Crippen LogP contribution is -2.15. The Morgan fingerprint density at radius 3 is 2.38 bits per heavy atom. The van der Waals surface area contributed by atoms with Crippen molar-refractivity contribution in [2.45, 2.75) is 46.0 Å². The van der Waals surface area contributed by atoms with E-state index in [0.717, 1.165) is 26.2 Å². The van der Waals surface area contributed by atoms with Crippen LogP contribution in [0.2, 0.25) is 0 Å². The fraction of sp³-hybridized carbons (Fsp3) is 1.00. The van der Waals surface area contributed by atoms with Gasteiger partial charge >= 0.3 is 0 Å². The summed E-state index contributed by atoms with van der Waals surface area (Å²) in [6.07, 6.45) is 6.17. The molecular weight excluding hydrogens is 162 g/mol. The van der Waals surface area contributed by atoms with Crippen LogP contribution in [-0.2, 0) is 4.74 Å². The third kappa shape index (κ3) is 11.9. The Kier molecular flexibility index (Phi) is 11.8. The van der Waals surface area contributed by atoms with Crippen molar-refractivity contribution in [1.82, 2.24) is 5.32 Å². The molecule has 0 saturated carbocycles. The van der Waals surface area contributed by atoms with Gasteiger partial charge in [0.15, 0.2) is 0 Å². The highest BCUT2D eigenvalue weighted by Crippen LogP contribution is 1.95. The highest BCUT2D eigenvalue weighted by molar-refractivity contribution is 4.47. The second kappa shape index (κ2) is 11.9. The smallest absolute Gasteiger partial charge is 0.0466 e. The third-order valence-electron chi connectivity index (χ3n) is 1.92. The van der Waals surface area contributed by atoms with E-state index in [-0.39, 0.29) is 0 Å². The van der Waals surface area contributed by atoms with E-state index in [0.29, 0.717) is 0 Å². The SMILES string of the molecule is CCCNCCCCCOCCC. The molecule has 2 heteroatoms. The van der Waals surface area contributed by atoms with Crippen molar-refractivity contribution in [1.29, 1.82) is 0 Å². The van der Waals surface area contributed by atoms with Gasteiger partial charge in [-0.2, -0.15) is 0 Å². The summed E-state index contributed by atoms with van der Waals surface area (Å²) in [6.45, 7) is 8.55. The molecule has 0 bridgehead atoms. The molecular formula is C11H25NO. The molecule has 0 heterocycles. The van der Waals surface area contributed by atoms with Crippen LogP contribution < -0.4 is 5.32 Å². The summed E-state index contributed by atoms with van der Waals surface area (Å²) >= 11 is 0. The van der Waals surface area contributed by atoms with Crippen molar-refractivity contribution < 1.29 is 4.74 Å². The zero-order chi connectivity index (χ0) is 9.78. The minimum atomic E-state index is 0.925. The lowest BCUT2D eigenvalue weighted by molar-refractivity contribution is 0.130. The van der Waals surface area contributed by atoms with Crippen LogP contribution in [0.25, 0.3) is 0 Å². The first-order valence-corrected chi connectivity index (χ1v) is 5.70. The first-order chi connectivity index (χ1) is 6.41. The Bertz CT molecular complexity index is 76.2. The summed E-state index contributed by atoms with van der Waals surface area (Å²) in [5, 5.41) is 3.40.